The lowest BCUT2D eigenvalue weighted by Crippen LogP contribution is -2.31. The Labute approximate surface area is 81.6 Å². The van der Waals surface area contributed by atoms with Crippen LogP contribution >= 0.6 is 0 Å². The second-order valence-electron chi connectivity index (χ2n) is 5.41. The molecule has 1 saturated carbocycles. The van der Waals surface area contributed by atoms with E-state index in [2.05, 4.69) is 38.9 Å². The van der Waals surface area contributed by atoms with E-state index in [1.54, 1.807) is 0 Å². The zero-order chi connectivity index (χ0) is 9.59. The van der Waals surface area contributed by atoms with Crippen molar-refractivity contribution in [3.8, 4) is 0 Å². The molecule has 1 fully saturated rings. The van der Waals surface area contributed by atoms with E-state index in [-0.39, 0.29) is 0 Å². The van der Waals surface area contributed by atoms with Gasteiger partial charge in [0, 0.05) is 6.21 Å². The third-order valence-electron chi connectivity index (χ3n) is 3.91. The van der Waals surface area contributed by atoms with E-state index < -0.39 is 0 Å². The lowest BCUT2D eigenvalue weighted by Gasteiger charge is -2.33. The molecule has 0 aromatic carbocycles. The van der Waals surface area contributed by atoms with Crippen molar-refractivity contribution in [1.82, 2.24) is 0 Å². The third-order valence-corrected chi connectivity index (χ3v) is 3.91. The van der Waals surface area contributed by atoms with E-state index in [1.165, 1.54) is 6.42 Å². The molecule has 1 heterocycles. The van der Waals surface area contributed by atoms with Gasteiger partial charge in [-0.2, -0.15) is 0 Å². The normalized spacial score (nSPS) is 42.6. The van der Waals surface area contributed by atoms with E-state index >= 15 is 0 Å². The van der Waals surface area contributed by atoms with Crippen LogP contribution in [0.3, 0.4) is 0 Å². The van der Waals surface area contributed by atoms with Crippen molar-refractivity contribution in [2.75, 3.05) is 0 Å². The highest BCUT2D eigenvalue weighted by Crippen LogP contribution is 2.48. The van der Waals surface area contributed by atoms with Crippen molar-refractivity contribution in [3.05, 3.63) is 0 Å². The predicted molar refractivity (Wildman–Crippen MR) is 57.0 cm³/mol. The fourth-order valence-corrected chi connectivity index (χ4v) is 3.50. The molecule has 0 radical (unpaired) electrons. The zero-order valence-corrected chi connectivity index (χ0v) is 9.20. The highest BCUT2D eigenvalue weighted by Gasteiger charge is 2.47. The molecule has 2 rings (SSSR count). The molecule has 1 nitrogen and oxygen atoms in total. The van der Waals surface area contributed by atoms with Crippen LogP contribution in [0.1, 0.15) is 34.1 Å². The molecule has 13 heavy (non-hydrogen) atoms. The summed E-state index contributed by atoms with van der Waals surface area (Å²) in [5.74, 6) is 4.20. The van der Waals surface area contributed by atoms with Crippen LogP contribution in [-0.4, -0.2) is 12.3 Å². The molecular weight excluding hydrogens is 158 g/mol. The number of aliphatic imine (C=N–C) groups is 1. The molecule has 0 amide bonds. The third kappa shape index (κ3) is 1.33. The summed E-state index contributed by atoms with van der Waals surface area (Å²) in [6.45, 7) is 9.45. The van der Waals surface area contributed by atoms with Crippen molar-refractivity contribution < 1.29 is 0 Å². The molecule has 4 atom stereocenters. The standard InChI is InChI=1S/C12H21N/c1-7(2)11-9-5-10(13-6-9)12(11)8(3)4/h6-12H,5H2,1-4H3/t9?,10?,11-,12+/m1/s1. The van der Waals surface area contributed by atoms with E-state index in [9.17, 15) is 0 Å². The second-order valence-corrected chi connectivity index (χ2v) is 5.41. The molecule has 0 saturated heterocycles. The summed E-state index contributed by atoms with van der Waals surface area (Å²) in [5, 5.41) is 0. The van der Waals surface area contributed by atoms with Gasteiger partial charge in [-0.3, -0.25) is 4.99 Å². The number of hydrogen-bond donors (Lipinski definition) is 0. The van der Waals surface area contributed by atoms with Gasteiger partial charge >= 0.3 is 0 Å². The maximum atomic E-state index is 4.61. The Morgan fingerprint density at radius 2 is 1.69 bits per heavy atom. The van der Waals surface area contributed by atoms with Gasteiger partial charge in [0.05, 0.1) is 6.04 Å². The summed E-state index contributed by atoms with van der Waals surface area (Å²) in [5.41, 5.74) is 0. The van der Waals surface area contributed by atoms with Crippen molar-refractivity contribution in [1.29, 1.82) is 0 Å². The van der Waals surface area contributed by atoms with Crippen LogP contribution in [0.5, 0.6) is 0 Å². The summed E-state index contributed by atoms with van der Waals surface area (Å²) in [6, 6.07) is 0.664. The Balaban J connectivity index is 2.20. The number of hydrogen-bond acceptors (Lipinski definition) is 1. The van der Waals surface area contributed by atoms with Crippen molar-refractivity contribution in [2.24, 2.45) is 34.6 Å². The largest absolute Gasteiger partial charge is 0.294 e. The monoisotopic (exact) mass is 179 g/mol. The van der Waals surface area contributed by atoms with Crippen LogP contribution in [0, 0.1) is 29.6 Å². The Morgan fingerprint density at radius 1 is 1.08 bits per heavy atom. The van der Waals surface area contributed by atoms with Crippen LogP contribution in [0.25, 0.3) is 0 Å². The summed E-state index contributed by atoms with van der Waals surface area (Å²) >= 11 is 0. The van der Waals surface area contributed by atoms with Crippen LogP contribution in [0.15, 0.2) is 4.99 Å². The molecule has 2 bridgehead atoms. The molecular formula is C12H21N. The zero-order valence-electron chi connectivity index (χ0n) is 9.20. The van der Waals surface area contributed by atoms with Crippen molar-refractivity contribution >= 4 is 6.21 Å². The number of rotatable bonds is 2. The lowest BCUT2D eigenvalue weighted by atomic mass is 9.74. The quantitative estimate of drug-likeness (QED) is 0.618. The Kier molecular flexibility index (Phi) is 2.21. The van der Waals surface area contributed by atoms with Gasteiger partial charge in [-0.1, -0.05) is 27.7 Å². The highest BCUT2D eigenvalue weighted by molar-refractivity contribution is 5.66. The lowest BCUT2D eigenvalue weighted by molar-refractivity contribution is 0.197. The van der Waals surface area contributed by atoms with Gasteiger partial charge in [0.2, 0.25) is 0 Å². The molecule has 1 aliphatic heterocycles. The molecule has 0 N–H and O–H groups in total. The van der Waals surface area contributed by atoms with Crippen LogP contribution in [-0.2, 0) is 0 Å². The predicted octanol–water partition coefficient (Wildman–Crippen LogP) is 3.00. The van der Waals surface area contributed by atoms with Gasteiger partial charge in [-0.05, 0) is 36.0 Å². The van der Waals surface area contributed by atoms with Crippen molar-refractivity contribution in [2.45, 2.75) is 40.2 Å². The average molecular weight is 179 g/mol. The van der Waals surface area contributed by atoms with Crippen molar-refractivity contribution in [3.63, 3.8) is 0 Å². The Bertz CT molecular complexity index is 195. The molecule has 1 aliphatic carbocycles. The van der Waals surface area contributed by atoms with E-state index in [0.29, 0.717) is 6.04 Å². The minimum Gasteiger partial charge on any atom is -0.294 e. The smallest absolute Gasteiger partial charge is 0.0535 e. The van der Waals surface area contributed by atoms with Gasteiger partial charge in [0.25, 0.3) is 0 Å². The highest BCUT2D eigenvalue weighted by atomic mass is 14.9. The second kappa shape index (κ2) is 3.11. The minimum absolute atomic E-state index is 0.664. The first-order chi connectivity index (χ1) is 6.11. The summed E-state index contributed by atoms with van der Waals surface area (Å²) < 4.78 is 0. The van der Waals surface area contributed by atoms with E-state index in [4.69, 9.17) is 0 Å². The van der Waals surface area contributed by atoms with Gasteiger partial charge in [-0.15, -0.1) is 0 Å². The fourth-order valence-electron chi connectivity index (χ4n) is 3.50. The maximum Gasteiger partial charge on any atom is 0.0535 e. The summed E-state index contributed by atoms with van der Waals surface area (Å²) in [6.07, 6.45) is 3.57. The van der Waals surface area contributed by atoms with Gasteiger partial charge < -0.3 is 0 Å². The van der Waals surface area contributed by atoms with Crippen LogP contribution in [0.4, 0.5) is 0 Å². The first-order valence-electron chi connectivity index (χ1n) is 5.64. The first kappa shape index (κ1) is 9.23. The maximum absolute atomic E-state index is 4.61. The Morgan fingerprint density at radius 3 is 2.15 bits per heavy atom. The summed E-state index contributed by atoms with van der Waals surface area (Å²) in [7, 11) is 0. The molecule has 2 unspecified atom stereocenters. The van der Waals surface area contributed by atoms with Crippen LogP contribution in [0.2, 0.25) is 0 Å². The molecule has 0 spiro atoms. The first-order valence-corrected chi connectivity index (χ1v) is 5.64. The van der Waals surface area contributed by atoms with E-state index in [0.717, 1.165) is 29.6 Å². The number of fused-ring (bicyclic) bond motifs is 2. The summed E-state index contributed by atoms with van der Waals surface area (Å²) in [4.78, 5) is 4.61. The molecule has 2 aliphatic rings. The van der Waals surface area contributed by atoms with Gasteiger partial charge in [0.1, 0.15) is 0 Å². The Hall–Kier alpha value is -0.330. The molecule has 0 aromatic heterocycles. The minimum atomic E-state index is 0.664. The molecule has 74 valence electrons. The topological polar surface area (TPSA) is 12.4 Å². The molecule has 1 heteroatoms. The molecule has 0 aromatic rings. The average Bonchev–Trinajstić information content (AvgIpc) is 2.60. The van der Waals surface area contributed by atoms with Crippen LogP contribution < -0.4 is 0 Å². The number of nitrogens with zero attached hydrogens (tertiary/aromatic N) is 1. The van der Waals surface area contributed by atoms with Gasteiger partial charge in [-0.25, -0.2) is 0 Å². The fraction of sp³-hybridized carbons (Fsp3) is 0.917. The van der Waals surface area contributed by atoms with Gasteiger partial charge in [0.15, 0.2) is 0 Å². The SMILES string of the molecule is CC(C)[C@@H]1C2C=NC(C2)[C@@H]1C(C)C. The van der Waals surface area contributed by atoms with E-state index in [1.807, 2.05) is 0 Å².